The average molecular weight is 355 g/mol. The molecule has 1 aliphatic carbocycles. The Labute approximate surface area is 147 Å². The number of rotatable bonds is 3. The van der Waals surface area contributed by atoms with Crippen molar-refractivity contribution in [3.05, 3.63) is 0 Å². The fourth-order valence-electron chi connectivity index (χ4n) is 4.32. The Kier molecular flexibility index (Phi) is 5.16. The molecule has 2 amide bonds. The number of hydrogen-bond donors (Lipinski definition) is 0. The molecular formula is C16H23ClN4O3. The number of likely N-dealkylation sites (tertiary alicyclic amines) is 2. The predicted molar refractivity (Wildman–Crippen MR) is 86.9 cm³/mol. The molecule has 24 heavy (non-hydrogen) atoms. The minimum absolute atomic E-state index is 0.0673. The summed E-state index contributed by atoms with van der Waals surface area (Å²) < 4.78 is 6.38. The van der Waals surface area contributed by atoms with Gasteiger partial charge < -0.3 is 14.5 Å². The van der Waals surface area contributed by atoms with Gasteiger partial charge in [-0.1, -0.05) is 0 Å². The normalized spacial score (nSPS) is 32.1. The van der Waals surface area contributed by atoms with Gasteiger partial charge in [-0.2, -0.15) is 5.26 Å². The molecule has 3 rings (SSSR count). The van der Waals surface area contributed by atoms with Crippen LogP contribution in [-0.4, -0.2) is 71.6 Å². The number of hydrogen-bond acceptors (Lipinski definition) is 5. The van der Waals surface area contributed by atoms with E-state index in [-0.39, 0.29) is 30.6 Å². The van der Waals surface area contributed by atoms with E-state index in [4.69, 9.17) is 21.8 Å². The second-order valence-corrected chi connectivity index (χ2v) is 7.39. The largest absolute Gasteiger partial charge is 0.453 e. The topological polar surface area (TPSA) is 76.9 Å². The Balaban J connectivity index is 1.50. The molecule has 7 nitrogen and oxygen atoms in total. The lowest BCUT2D eigenvalue weighted by Crippen LogP contribution is -2.42. The quantitative estimate of drug-likeness (QED) is 0.717. The van der Waals surface area contributed by atoms with Crippen LogP contribution in [-0.2, 0) is 9.53 Å². The van der Waals surface area contributed by atoms with E-state index < -0.39 is 0 Å². The van der Waals surface area contributed by atoms with Gasteiger partial charge in [-0.05, 0) is 49.3 Å². The van der Waals surface area contributed by atoms with Crippen molar-refractivity contribution in [1.29, 1.82) is 5.26 Å². The van der Waals surface area contributed by atoms with Crippen LogP contribution < -0.4 is 0 Å². The van der Waals surface area contributed by atoms with E-state index in [0.717, 1.165) is 25.7 Å². The maximum atomic E-state index is 12.4. The van der Waals surface area contributed by atoms with Crippen LogP contribution in [0.1, 0.15) is 25.7 Å². The monoisotopic (exact) mass is 354 g/mol. The summed E-state index contributed by atoms with van der Waals surface area (Å²) in [5.74, 6) is 0.774. The first-order valence-electron chi connectivity index (χ1n) is 8.48. The molecule has 0 aromatic rings. The highest BCUT2D eigenvalue weighted by molar-refractivity contribution is 6.14. The third-order valence-electron chi connectivity index (χ3n) is 5.56. The molecule has 0 N–H and O–H groups in total. The minimum atomic E-state index is -0.306. The SMILES string of the molecule is COC(=O)N1C[C@H]2CC(N(Cl)CC(=O)N3CCCC3C#N)C[C@H]2C1. The highest BCUT2D eigenvalue weighted by atomic mass is 35.5. The second-order valence-electron chi connectivity index (χ2n) is 6.95. The number of ether oxygens (including phenoxy) is 1. The van der Waals surface area contributed by atoms with Crippen LogP contribution in [0.4, 0.5) is 4.79 Å². The molecule has 0 bridgehead atoms. The lowest BCUT2D eigenvalue weighted by Gasteiger charge is -2.26. The van der Waals surface area contributed by atoms with Gasteiger partial charge in [0.1, 0.15) is 6.04 Å². The van der Waals surface area contributed by atoms with Gasteiger partial charge in [0.2, 0.25) is 5.91 Å². The third-order valence-corrected chi connectivity index (χ3v) is 5.96. The van der Waals surface area contributed by atoms with Crippen molar-refractivity contribution in [3.63, 3.8) is 0 Å². The number of carbonyl (C=O) groups is 2. The summed E-state index contributed by atoms with van der Waals surface area (Å²) in [7, 11) is 1.40. The van der Waals surface area contributed by atoms with Crippen LogP contribution in [0, 0.1) is 23.2 Å². The number of amides is 2. The van der Waals surface area contributed by atoms with Gasteiger partial charge in [-0.3, -0.25) is 4.79 Å². The van der Waals surface area contributed by atoms with E-state index in [9.17, 15) is 9.59 Å². The van der Waals surface area contributed by atoms with Crippen molar-refractivity contribution < 1.29 is 14.3 Å². The molecule has 8 heteroatoms. The van der Waals surface area contributed by atoms with E-state index in [0.29, 0.717) is 31.5 Å². The highest BCUT2D eigenvalue weighted by Gasteiger charge is 2.44. The predicted octanol–water partition coefficient (Wildman–Crippen LogP) is 1.43. The van der Waals surface area contributed by atoms with Gasteiger partial charge in [-0.25, -0.2) is 9.21 Å². The van der Waals surface area contributed by atoms with Crippen molar-refractivity contribution in [2.75, 3.05) is 33.3 Å². The summed E-state index contributed by atoms with van der Waals surface area (Å²) in [5.41, 5.74) is 0. The molecule has 4 atom stereocenters. The first kappa shape index (κ1) is 17.3. The molecule has 2 aliphatic heterocycles. The number of nitriles is 1. The Morgan fingerprint density at radius 3 is 2.58 bits per heavy atom. The van der Waals surface area contributed by atoms with Gasteiger partial charge in [0, 0.05) is 25.7 Å². The maximum absolute atomic E-state index is 12.4. The van der Waals surface area contributed by atoms with Crippen LogP contribution in [0.25, 0.3) is 0 Å². The molecule has 3 aliphatic rings. The van der Waals surface area contributed by atoms with Crippen LogP contribution >= 0.6 is 11.8 Å². The summed E-state index contributed by atoms with van der Waals surface area (Å²) >= 11 is 6.39. The van der Waals surface area contributed by atoms with Crippen LogP contribution in [0.3, 0.4) is 0 Å². The number of halogens is 1. The Hall–Kier alpha value is -1.52. The number of carbonyl (C=O) groups excluding carboxylic acids is 2. The number of nitrogens with zero attached hydrogens (tertiary/aromatic N) is 4. The molecule has 2 heterocycles. The van der Waals surface area contributed by atoms with Crippen molar-refractivity contribution >= 4 is 23.8 Å². The summed E-state index contributed by atoms with van der Waals surface area (Å²) in [5, 5.41) is 9.10. The lowest BCUT2D eigenvalue weighted by atomic mass is 10.0. The van der Waals surface area contributed by atoms with Gasteiger partial charge in [0.25, 0.3) is 0 Å². The molecule has 2 saturated heterocycles. The molecule has 0 aromatic carbocycles. The van der Waals surface area contributed by atoms with E-state index in [1.54, 1.807) is 14.2 Å². The van der Waals surface area contributed by atoms with E-state index >= 15 is 0 Å². The first-order chi connectivity index (χ1) is 11.5. The van der Waals surface area contributed by atoms with Crippen LogP contribution in [0.15, 0.2) is 0 Å². The fraction of sp³-hybridized carbons (Fsp3) is 0.812. The molecule has 1 saturated carbocycles. The molecule has 0 aromatic heterocycles. The zero-order valence-electron chi connectivity index (χ0n) is 13.9. The second kappa shape index (κ2) is 7.16. The third kappa shape index (κ3) is 3.31. The minimum Gasteiger partial charge on any atom is -0.453 e. The van der Waals surface area contributed by atoms with Gasteiger partial charge in [0.05, 0.1) is 19.7 Å². The average Bonchev–Trinajstić information content (AvgIpc) is 3.26. The Bertz CT molecular complexity index is 538. The highest BCUT2D eigenvalue weighted by Crippen LogP contribution is 2.40. The van der Waals surface area contributed by atoms with Crippen molar-refractivity contribution in [3.8, 4) is 6.07 Å². The summed E-state index contributed by atoms with van der Waals surface area (Å²) in [6, 6.07) is 2.03. The number of fused-ring (bicyclic) bond motifs is 1. The molecule has 132 valence electrons. The molecule has 2 unspecified atom stereocenters. The van der Waals surface area contributed by atoms with E-state index in [1.807, 2.05) is 0 Å². The summed E-state index contributed by atoms with van der Waals surface area (Å²) in [6.07, 6.45) is 3.13. The molecular weight excluding hydrogens is 332 g/mol. The van der Waals surface area contributed by atoms with Crippen LogP contribution in [0.5, 0.6) is 0 Å². The fourth-order valence-corrected chi connectivity index (χ4v) is 4.59. The molecule has 0 spiro atoms. The summed E-state index contributed by atoms with van der Waals surface area (Å²) in [6.45, 7) is 2.20. The van der Waals surface area contributed by atoms with Crippen molar-refractivity contribution in [1.82, 2.24) is 14.2 Å². The van der Waals surface area contributed by atoms with E-state index in [2.05, 4.69) is 6.07 Å². The zero-order chi connectivity index (χ0) is 17.3. The molecule has 3 fully saturated rings. The maximum Gasteiger partial charge on any atom is 0.409 e. The standard InChI is InChI=1S/C16H23ClN4O3/c1-24-16(23)19-8-11-5-14(6-12(11)9-19)21(17)10-15(22)20-4-2-3-13(20)7-18/h11-14H,2-6,8-10H2,1H3/t11-,12+,13?,14?. The zero-order valence-corrected chi connectivity index (χ0v) is 14.6. The van der Waals surface area contributed by atoms with Gasteiger partial charge >= 0.3 is 6.09 Å². The van der Waals surface area contributed by atoms with Crippen molar-refractivity contribution in [2.24, 2.45) is 11.8 Å². The smallest absolute Gasteiger partial charge is 0.409 e. The number of methoxy groups -OCH3 is 1. The summed E-state index contributed by atoms with van der Waals surface area (Å²) in [4.78, 5) is 27.4. The Morgan fingerprint density at radius 2 is 2.00 bits per heavy atom. The van der Waals surface area contributed by atoms with Crippen LogP contribution in [0.2, 0.25) is 0 Å². The first-order valence-corrected chi connectivity index (χ1v) is 8.81. The lowest BCUT2D eigenvalue weighted by molar-refractivity contribution is -0.131. The molecule has 0 radical (unpaired) electrons. The van der Waals surface area contributed by atoms with E-state index in [1.165, 1.54) is 7.11 Å². The van der Waals surface area contributed by atoms with Crippen molar-refractivity contribution in [2.45, 2.75) is 37.8 Å². The van der Waals surface area contributed by atoms with Gasteiger partial charge in [-0.15, -0.1) is 0 Å². The Morgan fingerprint density at radius 1 is 1.33 bits per heavy atom. The van der Waals surface area contributed by atoms with Gasteiger partial charge in [0.15, 0.2) is 0 Å².